The summed E-state index contributed by atoms with van der Waals surface area (Å²) in [4.78, 5) is 53.7. The number of ether oxygens (including phenoxy) is 1. The molecule has 9 nitrogen and oxygen atoms in total. The molecule has 0 spiro atoms. The van der Waals surface area contributed by atoms with E-state index in [9.17, 15) is 19.2 Å². The van der Waals surface area contributed by atoms with E-state index in [4.69, 9.17) is 9.15 Å². The summed E-state index contributed by atoms with van der Waals surface area (Å²) in [6, 6.07) is 15.2. The summed E-state index contributed by atoms with van der Waals surface area (Å²) in [5, 5.41) is 2.72. The zero-order chi connectivity index (χ0) is 24.9. The predicted octanol–water partition coefficient (Wildman–Crippen LogP) is 4.13. The number of anilines is 2. The van der Waals surface area contributed by atoms with Gasteiger partial charge in [0.15, 0.2) is 0 Å². The molecule has 1 atom stereocenters. The van der Waals surface area contributed by atoms with Gasteiger partial charge in [-0.05, 0) is 67.9 Å². The van der Waals surface area contributed by atoms with Gasteiger partial charge in [-0.2, -0.15) is 0 Å². The average Bonchev–Trinajstić information content (AvgIpc) is 3.42. The van der Waals surface area contributed by atoms with Gasteiger partial charge in [-0.25, -0.2) is 14.5 Å². The molecule has 1 saturated heterocycles. The second kappa shape index (κ2) is 10.3. The molecule has 4 rings (SSSR count). The summed E-state index contributed by atoms with van der Waals surface area (Å²) in [5.74, 6) is -0.891. The maximum atomic E-state index is 13.3. The normalized spacial score (nSPS) is 15.4. The number of hydrogen-bond donors (Lipinski definition) is 1. The van der Waals surface area contributed by atoms with E-state index in [1.807, 2.05) is 13.0 Å². The number of imide groups is 1. The molecule has 3 aromatic rings. The minimum Gasteiger partial charge on any atom is -0.467 e. The second-order valence-electron chi connectivity index (χ2n) is 8.07. The van der Waals surface area contributed by atoms with Crippen molar-refractivity contribution >= 4 is 35.2 Å². The highest BCUT2D eigenvalue weighted by Gasteiger charge is 2.47. The molecule has 35 heavy (non-hydrogen) atoms. The summed E-state index contributed by atoms with van der Waals surface area (Å²) in [6.07, 6.45) is 1.24. The highest BCUT2D eigenvalue weighted by atomic mass is 16.5. The van der Waals surface area contributed by atoms with Crippen LogP contribution in [0.5, 0.6) is 0 Å². The lowest BCUT2D eigenvalue weighted by atomic mass is 10.1. The number of rotatable bonds is 8. The summed E-state index contributed by atoms with van der Waals surface area (Å²) in [7, 11) is 0. The SMILES string of the molecule is CCOC(=O)c1ccc(NC(=O)CC2C(=O)N(c3cccc(C)c3)C(=O)N2Cc2ccco2)cc1. The van der Waals surface area contributed by atoms with Crippen LogP contribution in [0.3, 0.4) is 0 Å². The largest absolute Gasteiger partial charge is 0.467 e. The zero-order valence-corrected chi connectivity index (χ0v) is 19.4. The first-order valence-electron chi connectivity index (χ1n) is 11.2. The smallest absolute Gasteiger partial charge is 0.338 e. The van der Waals surface area contributed by atoms with Crippen LogP contribution in [0, 0.1) is 6.92 Å². The van der Waals surface area contributed by atoms with Crippen molar-refractivity contribution in [3.63, 3.8) is 0 Å². The van der Waals surface area contributed by atoms with E-state index in [0.717, 1.165) is 10.5 Å². The van der Waals surface area contributed by atoms with Crippen LogP contribution in [0.2, 0.25) is 0 Å². The fourth-order valence-electron chi connectivity index (χ4n) is 3.88. The van der Waals surface area contributed by atoms with Crippen molar-refractivity contribution in [1.29, 1.82) is 0 Å². The maximum absolute atomic E-state index is 13.3. The third-order valence-electron chi connectivity index (χ3n) is 5.54. The molecule has 0 saturated carbocycles. The molecule has 0 bridgehead atoms. The molecule has 180 valence electrons. The van der Waals surface area contributed by atoms with Crippen molar-refractivity contribution in [3.8, 4) is 0 Å². The van der Waals surface area contributed by atoms with Crippen molar-refractivity contribution in [2.24, 2.45) is 0 Å². The van der Waals surface area contributed by atoms with Crippen LogP contribution in [0.15, 0.2) is 71.3 Å². The first-order chi connectivity index (χ1) is 16.9. The summed E-state index contributed by atoms with van der Waals surface area (Å²) < 4.78 is 10.3. The van der Waals surface area contributed by atoms with Gasteiger partial charge in [0.05, 0.1) is 37.1 Å². The highest BCUT2D eigenvalue weighted by Crippen LogP contribution is 2.29. The summed E-state index contributed by atoms with van der Waals surface area (Å²) in [6.45, 7) is 3.90. The van der Waals surface area contributed by atoms with Crippen LogP contribution in [0.25, 0.3) is 0 Å². The van der Waals surface area contributed by atoms with Crippen LogP contribution >= 0.6 is 0 Å². The lowest BCUT2D eigenvalue weighted by molar-refractivity contribution is -0.124. The Bertz CT molecular complexity index is 1240. The molecule has 2 aromatic carbocycles. The molecule has 1 fully saturated rings. The predicted molar refractivity (Wildman–Crippen MR) is 128 cm³/mol. The quantitative estimate of drug-likeness (QED) is 0.388. The molecule has 1 aliphatic rings. The first kappa shape index (κ1) is 23.7. The Kier molecular flexibility index (Phi) is 6.96. The van der Waals surface area contributed by atoms with E-state index >= 15 is 0 Å². The van der Waals surface area contributed by atoms with E-state index in [2.05, 4.69) is 5.32 Å². The molecule has 1 aliphatic heterocycles. The van der Waals surface area contributed by atoms with Crippen molar-refractivity contribution in [2.45, 2.75) is 32.9 Å². The number of benzene rings is 2. The fourth-order valence-corrected chi connectivity index (χ4v) is 3.88. The number of carbonyl (C=O) groups is 4. The zero-order valence-electron chi connectivity index (χ0n) is 19.4. The first-order valence-corrected chi connectivity index (χ1v) is 11.2. The summed E-state index contributed by atoms with van der Waals surface area (Å²) >= 11 is 0. The molecule has 4 amide bonds. The van der Waals surface area contributed by atoms with Gasteiger partial charge in [-0.15, -0.1) is 0 Å². The molecule has 2 heterocycles. The monoisotopic (exact) mass is 475 g/mol. The third kappa shape index (κ3) is 5.24. The number of nitrogens with zero attached hydrogens (tertiary/aromatic N) is 2. The highest BCUT2D eigenvalue weighted by molar-refractivity contribution is 6.22. The van der Waals surface area contributed by atoms with Gasteiger partial charge in [0, 0.05) is 5.69 Å². The number of carbonyl (C=O) groups excluding carboxylic acids is 4. The number of hydrogen-bond acceptors (Lipinski definition) is 6. The Hall–Kier alpha value is -4.40. The Morgan fingerprint density at radius 1 is 1.06 bits per heavy atom. The van der Waals surface area contributed by atoms with Gasteiger partial charge in [-0.3, -0.25) is 9.59 Å². The van der Waals surface area contributed by atoms with Crippen molar-refractivity contribution in [2.75, 3.05) is 16.8 Å². The molecule has 1 aromatic heterocycles. The molecular formula is C26H25N3O6. The molecule has 0 aliphatic carbocycles. The van der Waals surface area contributed by atoms with Crippen LogP contribution in [0.4, 0.5) is 16.2 Å². The maximum Gasteiger partial charge on any atom is 0.338 e. The molecule has 0 radical (unpaired) electrons. The Labute approximate surface area is 202 Å². The van der Waals surface area contributed by atoms with E-state index in [1.54, 1.807) is 61.5 Å². The van der Waals surface area contributed by atoms with Crippen LogP contribution in [-0.2, 0) is 20.9 Å². The van der Waals surface area contributed by atoms with Crippen molar-refractivity contribution in [3.05, 3.63) is 83.8 Å². The van der Waals surface area contributed by atoms with Crippen LogP contribution < -0.4 is 10.2 Å². The Morgan fingerprint density at radius 3 is 2.49 bits per heavy atom. The minimum absolute atomic E-state index is 0.0477. The van der Waals surface area contributed by atoms with E-state index in [0.29, 0.717) is 22.7 Å². The fraction of sp³-hybridized carbons (Fsp3) is 0.231. The number of furan rings is 1. The number of nitrogens with one attached hydrogen (secondary N) is 1. The van der Waals surface area contributed by atoms with Crippen molar-refractivity contribution in [1.82, 2.24) is 4.90 Å². The molecule has 9 heteroatoms. The average molecular weight is 476 g/mol. The number of esters is 1. The van der Waals surface area contributed by atoms with E-state index in [1.165, 1.54) is 11.2 Å². The molecule has 1 N–H and O–H groups in total. The molecular weight excluding hydrogens is 450 g/mol. The van der Waals surface area contributed by atoms with E-state index in [-0.39, 0.29) is 19.6 Å². The van der Waals surface area contributed by atoms with Gasteiger partial charge in [0.25, 0.3) is 5.91 Å². The van der Waals surface area contributed by atoms with Gasteiger partial charge < -0.3 is 19.4 Å². The van der Waals surface area contributed by atoms with E-state index < -0.39 is 29.9 Å². The van der Waals surface area contributed by atoms with Gasteiger partial charge in [-0.1, -0.05) is 12.1 Å². The Morgan fingerprint density at radius 2 is 1.83 bits per heavy atom. The number of aryl methyl sites for hydroxylation is 1. The van der Waals surface area contributed by atoms with Crippen LogP contribution in [-0.4, -0.2) is 41.4 Å². The van der Waals surface area contributed by atoms with Gasteiger partial charge >= 0.3 is 12.0 Å². The third-order valence-corrected chi connectivity index (χ3v) is 5.54. The van der Waals surface area contributed by atoms with Crippen LogP contribution in [0.1, 0.15) is 35.0 Å². The van der Waals surface area contributed by atoms with Gasteiger partial charge in [0.1, 0.15) is 11.8 Å². The topological polar surface area (TPSA) is 109 Å². The Balaban J connectivity index is 1.52. The standard InChI is InChI=1S/C26H25N3O6/c1-3-34-25(32)18-9-11-19(12-10-18)27-23(30)15-22-24(31)29(20-7-4-6-17(2)14-20)26(33)28(22)16-21-8-5-13-35-21/h4-14,22H,3,15-16H2,1-2H3,(H,27,30). The summed E-state index contributed by atoms with van der Waals surface area (Å²) in [5.41, 5.74) is 2.16. The molecule has 1 unspecified atom stereocenters. The van der Waals surface area contributed by atoms with Crippen molar-refractivity contribution < 1.29 is 28.3 Å². The second-order valence-corrected chi connectivity index (χ2v) is 8.07. The number of amides is 4. The minimum atomic E-state index is -1.01. The number of urea groups is 1. The van der Waals surface area contributed by atoms with Gasteiger partial charge in [0.2, 0.25) is 5.91 Å². The lowest BCUT2D eigenvalue weighted by Crippen LogP contribution is -2.37. The lowest BCUT2D eigenvalue weighted by Gasteiger charge is -2.20.